The van der Waals surface area contributed by atoms with E-state index in [1.165, 1.54) is 12.1 Å². The van der Waals surface area contributed by atoms with Crippen LogP contribution in [0.3, 0.4) is 0 Å². The van der Waals surface area contributed by atoms with Crippen molar-refractivity contribution in [3.8, 4) is 0 Å². The van der Waals surface area contributed by atoms with E-state index < -0.39 is 47.0 Å². The highest BCUT2D eigenvalue weighted by Gasteiger charge is 2.66. The molecule has 0 aliphatic carbocycles. The van der Waals surface area contributed by atoms with Gasteiger partial charge in [-0.25, -0.2) is 9.29 Å². The second-order valence-electron chi connectivity index (χ2n) is 9.42. The maximum atomic E-state index is 13.7. The zero-order valence-electron chi connectivity index (χ0n) is 17.8. The number of ketones is 1. The lowest BCUT2D eigenvalue weighted by Crippen LogP contribution is -2.48. The number of carbonyl (C=O) groups excluding carboxylic acids is 3. The van der Waals surface area contributed by atoms with Gasteiger partial charge in [-0.15, -0.1) is 0 Å². The van der Waals surface area contributed by atoms with Crippen molar-refractivity contribution in [2.75, 3.05) is 4.90 Å². The Morgan fingerprint density at radius 3 is 2.44 bits per heavy atom. The van der Waals surface area contributed by atoms with Gasteiger partial charge in [0.05, 0.1) is 34.8 Å². The highest BCUT2D eigenvalue weighted by molar-refractivity contribution is 6.31. The summed E-state index contributed by atoms with van der Waals surface area (Å²) in [6.07, 6.45) is 1.67. The van der Waals surface area contributed by atoms with Crippen LogP contribution in [0.1, 0.15) is 37.9 Å². The molecule has 4 atom stereocenters. The molecule has 0 radical (unpaired) electrons. The van der Waals surface area contributed by atoms with Gasteiger partial charge in [0.25, 0.3) is 0 Å². The Labute approximate surface area is 189 Å². The van der Waals surface area contributed by atoms with E-state index in [4.69, 9.17) is 11.6 Å². The van der Waals surface area contributed by atoms with Crippen molar-refractivity contribution in [3.63, 3.8) is 0 Å². The molecule has 0 saturated carbocycles. The number of fused-ring (bicyclic) bond motifs is 5. The van der Waals surface area contributed by atoms with Crippen molar-refractivity contribution in [3.05, 3.63) is 64.4 Å². The minimum absolute atomic E-state index is 0.160. The van der Waals surface area contributed by atoms with Gasteiger partial charge in [-0.05, 0) is 29.3 Å². The van der Waals surface area contributed by atoms with Crippen molar-refractivity contribution in [2.45, 2.75) is 32.9 Å². The third kappa shape index (κ3) is 2.84. The van der Waals surface area contributed by atoms with Crippen molar-refractivity contribution >= 4 is 41.1 Å². The third-order valence-electron chi connectivity index (χ3n) is 6.46. The Balaban J connectivity index is 1.67. The molecule has 2 saturated heterocycles. The van der Waals surface area contributed by atoms with E-state index in [0.717, 1.165) is 22.1 Å². The molecule has 0 unspecified atom stereocenters. The maximum Gasteiger partial charge on any atom is 0.240 e. The normalized spacial score (nSPS) is 26.3. The number of amides is 2. The second-order valence-corrected chi connectivity index (χ2v) is 9.83. The van der Waals surface area contributed by atoms with Gasteiger partial charge in [0.2, 0.25) is 11.8 Å². The first-order chi connectivity index (χ1) is 15.1. The summed E-state index contributed by atoms with van der Waals surface area (Å²) in [6, 6.07) is 9.83. The molecule has 2 fully saturated rings. The Morgan fingerprint density at radius 2 is 1.75 bits per heavy atom. The molecule has 3 heterocycles. The maximum absolute atomic E-state index is 13.7. The number of hydrogen-bond acceptors (Lipinski definition) is 5. The molecule has 2 amide bonds. The molecule has 3 aliphatic heterocycles. The highest BCUT2D eigenvalue weighted by atomic mass is 35.5. The standard InChI is InChI=1S/C24H21ClFN3O3/c1-24(2,3)21(30)20-18-17(19-14-7-5-4-6-12(14)11-27-29(19)20)22(31)28(23(18)32)13-8-9-16(26)15(25)10-13/h4-11,17-20H,1-3H3/t17-,18-,19-,20+/m1/s1. The van der Waals surface area contributed by atoms with Crippen LogP contribution >= 0.6 is 11.6 Å². The van der Waals surface area contributed by atoms with Gasteiger partial charge >= 0.3 is 0 Å². The number of nitrogens with zero attached hydrogens (tertiary/aromatic N) is 3. The molecule has 2 aromatic rings. The summed E-state index contributed by atoms with van der Waals surface area (Å²) in [4.78, 5) is 41.8. The Kier molecular flexibility index (Phi) is 4.53. The first-order valence-corrected chi connectivity index (χ1v) is 10.8. The monoisotopic (exact) mass is 453 g/mol. The predicted molar refractivity (Wildman–Crippen MR) is 118 cm³/mol. The average molecular weight is 454 g/mol. The van der Waals surface area contributed by atoms with Gasteiger partial charge in [-0.3, -0.25) is 19.4 Å². The van der Waals surface area contributed by atoms with Crippen LogP contribution in [0.15, 0.2) is 47.6 Å². The summed E-state index contributed by atoms with van der Waals surface area (Å²) in [5.41, 5.74) is 1.15. The van der Waals surface area contributed by atoms with Gasteiger partial charge < -0.3 is 0 Å². The molecule has 8 heteroatoms. The van der Waals surface area contributed by atoms with E-state index in [-0.39, 0.29) is 16.5 Å². The van der Waals surface area contributed by atoms with E-state index in [2.05, 4.69) is 5.10 Å². The van der Waals surface area contributed by atoms with Crippen LogP contribution in [0.4, 0.5) is 10.1 Å². The number of hydrazone groups is 1. The first-order valence-electron chi connectivity index (χ1n) is 10.4. The average Bonchev–Trinajstić information content (AvgIpc) is 3.22. The van der Waals surface area contributed by atoms with Crippen LogP contribution in [0, 0.1) is 23.1 Å². The SMILES string of the molecule is CC(C)(C)C(=O)[C@@H]1[C@@H]2C(=O)N(c3ccc(F)c(Cl)c3)C(=O)[C@H]2[C@H]2c3ccccc3C=NN12. The summed E-state index contributed by atoms with van der Waals surface area (Å²) in [7, 11) is 0. The van der Waals surface area contributed by atoms with Crippen molar-refractivity contribution in [2.24, 2.45) is 22.4 Å². The van der Waals surface area contributed by atoms with Crippen molar-refractivity contribution in [1.82, 2.24) is 5.01 Å². The van der Waals surface area contributed by atoms with E-state index in [1.54, 1.807) is 32.0 Å². The molecular weight excluding hydrogens is 433 g/mol. The van der Waals surface area contributed by atoms with Gasteiger partial charge in [0, 0.05) is 5.41 Å². The molecule has 6 nitrogen and oxygen atoms in total. The molecule has 0 spiro atoms. The smallest absolute Gasteiger partial charge is 0.240 e. The second kappa shape index (κ2) is 6.97. The van der Waals surface area contributed by atoms with Gasteiger partial charge in [0.1, 0.15) is 11.9 Å². The van der Waals surface area contributed by atoms with E-state index in [9.17, 15) is 18.8 Å². The van der Waals surface area contributed by atoms with Crippen LogP contribution in [0.5, 0.6) is 0 Å². The van der Waals surface area contributed by atoms with Crippen LogP contribution in [0.25, 0.3) is 0 Å². The van der Waals surface area contributed by atoms with Gasteiger partial charge in [0.15, 0.2) is 5.78 Å². The zero-order chi connectivity index (χ0) is 22.9. The largest absolute Gasteiger partial charge is 0.297 e. The number of carbonyl (C=O) groups is 3. The number of rotatable bonds is 2. The molecule has 164 valence electrons. The Morgan fingerprint density at radius 1 is 1.06 bits per heavy atom. The van der Waals surface area contributed by atoms with Crippen LogP contribution in [-0.2, 0) is 14.4 Å². The fraction of sp³-hybridized carbons (Fsp3) is 0.333. The van der Waals surface area contributed by atoms with Crippen LogP contribution < -0.4 is 4.90 Å². The minimum atomic E-state index is -0.897. The molecule has 32 heavy (non-hydrogen) atoms. The number of anilines is 1. The van der Waals surface area contributed by atoms with Crippen LogP contribution in [0.2, 0.25) is 5.02 Å². The zero-order valence-corrected chi connectivity index (χ0v) is 18.5. The number of hydrogen-bond donors (Lipinski definition) is 0. The number of halogens is 2. The van der Waals surface area contributed by atoms with E-state index >= 15 is 0 Å². The van der Waals surface area contributed by atoms with Gasteiger partial charge in [-0.2, -0.15) is 5.10 Å². The molecule has 3 aliphatic rings. The quantitative estimate of drug-likeness (QED) is 0.645. The number of imide groups is 1. The topological polar surface area (TPSA) is 70.0 Å². The molecule has 0 aromatic heterocycles. The molecule has 0 bridgehead atoms. The fourth-order valence-electron chi connectivity index (χ4n) is 4.99. The summed E-state index contributed by atoms with van der Waals surface area (Å²) >= 11 is 5.92. The summed E-state index contributed by atoms with van der Waals surface area (Å²) in [5, 5.41) is 5.97. The Hall–Kier alpha value is -3.06. The predicted octanol–water partition coefficient (Wildman–Crippen LogP) is 3.97. The Bertz CT molecular complexity index is 1210. The first kappa shape index (κ1) is 20.8. The summed E-state index contributed by atoms with van der Waals surface area (Å²) in [6.45, 7) is 5.37. The lowest BCUT2D eigenvalue weighted by Gasteiger charge is -2.35. The molecule has 0 N–H and O–H groups in total. The number of benzene rings is 2. The fourth-order valence-corrected chi connectivity index (χ4v) is 5.17. The highest BCUT2D eigenvalue weighted by Crippen LogP contribution is 2.53. The molecular formula is C24H21ClFN3O3. The number of Topliss-reactive ketones (excluding diaryl/α,β-unsaturated/α-hetero) is 1. The van der Waals surface area contributed by atoms with Crippen LogP contribution in [-0.4, -0.2) is 34.9 Å². The minimum Gasteiger partial charge on any atom is -0.297 e. The lowest BCUT2D eigenvalue weighted by molar-refractivity contribution is -0.136. The van der Waals surface area contributed by atoms with Crippen molar-refractivity contribution in [1.29, 1.82) is 0 Å². The van der Waals surface area contributed by atoms with E-state index in [0.29, 0.717) is 0 Å². The molecule has 5 rings (SSSR count). The summed E-state index contributed by atoms with van der Waals surface area (Å²) in [5.74, 6) is -3.42. The van der Waals surface area contributed by atoms with E-state index in [1.807, 2.05) is 24.3 Å². The van der Waals surface area contributed by atoms with Crippen molar-refractivity contribution < 1.29 is 18.8 Å². The van der Waals surface area contributed by atoms with Gasteiger partial charge in [-0.1, -0.05) is 56.6 Å². The summed E-state index contributed by atoms with van der Waals surface area (Å²) < 4.78 is 13.7. The third-order valence-corrected chi connectivity index (χ3v) is 6.75. The lowest BCUT2D eigenvalue weighted by atomic mass is 9.79. The molecule has 2 aromatic carbocycles.